The summed E-state index contributed by atoms with van der Waals surface area (Å²) in [7, 11) is 0. The first-order chi connectivity index (χ1) is 6.27. The van der Waals surface area contributed by atoms with Gasteiger partial charge in [-0.25, -0.2) is 4.98 Å². The molecule has 1 aromatic heterocycles. The summed E-state index contributed by atoms with van der Waals surface area (Å²) < 4.78 is 5.94. The fourth-order valence-electron chi connectivity index (χ4n) is 1.11. The highest BCUT2D eigenvalue weighted by molar-refractivity contribution is 9.10. The van der Waals surface area contributed by atoms with E-state index in [1.54, 1.807) is 12.1 Å². The SMILES string of the molecule is O=C1NCCOc2nc(Br)ccc21. The number of aromatic nitrogens is 1. The lowest BCUT2D eigenvalue weighted by atomic mass is 10.2. The van der Waals surface area contributed by atoms with Crippen molar-refractivity contribution in [1.29, 1.82) is 0 Å². The topological polar surface area (TPSA) is 51.2 Å². The van der Waals surface area contributed by atoms with Crippen LogP contribution >= 0.6 is 15.9 Å². The Labute approximate surface area is 83.4 Å². The lowest BCUT2D eigenvalue weighted by molar-refractivity contribution is 0.0957. The predicted molar refractivity (Wildman–Crippen MR) is 49.8 cm³/mol. The molecule has 0 saturated heterocycles. The number of halogens is 1. The number of nitrogens with zero attached hydrogens (tertiary/aromatic N) is 1. The van der Waals surface area contributed by atoms with Gasteiger partial charge in [-0.3, -0.25) is 4.79 Å². The van der Waals surface area contributed by atoms with Crippen LogP contribution in [0.5, 0.6) is 5.88 Å². The molecular formula is C8H7BrN2O2. The minimum atomic E-state index is -0.132. The summed E-state index contributed by atoms with van der Waals surface area (Å²) in [5, 5.41) is 2.70. The first kappa shape index (κ1) is 8.50. The summed E-state index contributed by atoms with van der Waals surface area (Å²) in [6.45, 7) is 0.981. The molecule has 1 amide bonds. The van der Waals surface area contributed by atoms with Crippen molar-refractivity contribution < 1.29 is 9.53 Å². The molecule has 2 heterocycles. The second kappa shape index (κ2) is 3.33. The fraction of sp³-hybridized carbons (Fsp3) is 0.250. The average molecular weight is 243 g/mol. The summed E-state index contributed by atoms with van der Waals surface area (Å²) in [4.78, 5) is 15.4. The standard InChI is InChI=1S/C8H7BrN2O2/c9-6-2-1-5-7(12)10-3-4-13-8(5)11-6/h1-2H,3-4H2,(H,10,12). The molecule has 0 saturated carbocycles. The van der Waals surface area contributed by atoms with E-state index in [0.717, 1.165) is 0 Å². The van der Waals surface area contributed by atoms with E-state index >= 15 is 0 Å². The minimum absolute atomic E-state index is 0.132. The van der Waals surface area contributed by atoms with E-state index in [-0.39, 0.29) is 5.91 Å². The van der Waals surface area contributed by atoms with E-state index in [1.807, 2.05) is 0 Å². The van der Waals surface area contributed by atoms with Crippen LogP contribution in [-0.2, 0) is 0 Å². The van der Waals surface area contributed by atoms with Crippen molar-refractivity contribution in [3.63, 3.8) is 0 Å². The number of fused-ring (bicyclic) bond motifs is 1. The van der Waals surface area contributed by atoms with Crippen molar-refractivity contribution in [3.8, 4) is 5.88 Å². The van der Waals surface area contributed by atoms with E-state index < -0.39 is 0 Å². The molecule has 1 aliphatic heterocycles. The summed E-state index contributed by atoms with van der Waals surface area (Å²) >= 11 is 3.21. The second-order valence-corrected chi connectivity index (χ2v) is 3.40. The third-order valence-electron chi connectivity index (χ3n) is 1.70. The van der Waals surface area contributed by atoms with Gasteiger partial charge in [-0.05, 0) is 28.1 Å². The number of hydrogen-bond donors (Lipinski definition) is 1. The Balaban J connectivity index is 2.48. The van der Waals surface area contributed by atoms with Gasteiger partial charge in [-0.1, -0.05) is 0 Å². The quantitative estimate of drug-likeness (QED) is 0.690. The number of pyridine rings is 1. The zero-order valence-corrected chi connectivity index (χ0v) is 8.30. The van der Waals surface area contributed by atoms with Gasteiger partial charge in [0.25, 0.3) is 5.91 Å². The smallest absolute Gasteiger partial charge is 0.256 e. The van der Waals surface area contributed by atoms with E-state index in [0.29, 0.717) is 29.2 Å². The molecule has 1 aliphatic rings. The molecule has 1 aromatic rings. The third kappa shape index (κ3) is 1.65. The second-order valence-electron chi connectivity index (χ2n) is 2.59. The van der Waals surface area contributed by atoms with E-state index in [2.05, 4.69) is 26.2 Å². The zero-order valence-electron chi connectivity index (χ0n) is 6.71. The largest absolute Gasteiger partial charge is 0.475 e. The Hall–Kier alpha value is -1.10. The van der Waals surface area contributed by atoms with Gasteiger partial charge in [-0.15, -0.1) is 0 Å². The Morgan fingerprint density at radius 2 is 2.38 bits per heavy atom. The molecule has 4 nitrogen and oxygen atoms in total. The van der Waals surface area contributed by atoms with E-state index in [9.17, 15) is 4.79 Å². The van der Waals surface area contributed by atoms with Gasteiger partial charge in [-0.2, -0.15) is 0 Å². The van der Waals surface area contributed by atoms with Crippen LogP contribution in [-0.4, -0.2) is 24.0 Å². The third-order valence-corrected chi connectivity index (χ3v) is 2.14. The molecule has 1 N–H and O–H groups in total. The fourth-order valence-corrected chi connectivity index (χ4v) is 1.40. The lowest BCUT2D eigenvalue weighted by Gasteiger charge is -2.02. The molecule has 0 atom stereocenters. The van der Waals surface area contributed by atoms with Crippen molar-refractivity contribution in [2.45, 2.75) is 0 Å². The summed E-state index contributed by atoms with van der Waals surface area (Å²) in [5.74, 6) is 0.261. The molecule has 13 heavy (non-hydrogen) atoms. The van der Waals surface area contributed by atoms with Crippen molar-refractivity contribution >= 4 is 21.8 Å². The predicted octanol–water partition coefficient (Wildman–Crippen LogP) is 0.966. The van der Waals surface area contributed by atoms with E-state index in [1.165, 1.54) is 0 Å². The van der Waals surface area contributed by atoms with E-state index in [4.69, 9.17) is 4.74 Å². The Kier molecular flexibility index (Phi) is 2.18. The number of carbonyl (C=O) groups is 1. The van der Waals surface area contributed by atoms with Crippen LogP contribution in [0.15, 0.2) is 16.7 Å². The number of hydrogen-bond acceptors (Lipinski definition) is 3. The Morgan fingerprint density at radius 3 is 3.23 bits per heavy atom. The molecule has 0 fully saturated rings. The molecule has 0 bridgehead atoms. The van der Waals surface area contributed by atoms with Crippen LogP contribution in [0.1, 0.15) is 10.4 Å². The van der Waals surface area contributed by atoms with Crippen molar-refractivity contribution in [2.75, 3.05) is 13.2 Å². The minimum Gasteiger partial charge on any atom is -0.475 e. The lowest BCUT2D eigenvalue weighted by Crippen LogP contribution is -2.24. The number of carbonyl (C=O) groups excluding carboxylic acids is 1. The van der Waals surface area contributed by atoms with Crippen LogP contribution in [0.3, 0.4) is 0 Å². The van der Waals surface area contributed by atoms with Crippen LogP contribution in [0, 0.1) is 0 Å². The Morgan fingerprint density at radius 1 is 1.54 bits per heavy atom. The van der Waals surface area contributed by atoms with Crippen LogP contribution in [0.4, 0.5) is 0 Å². The molecule has 0 spiro atoms. The van der Waals surface area contributed by atoms with Crippen LogP contribution in [0.25, 0.3) is 0 Å². The van der Waals surface area contributed by atoms with Gasteiger partial charge >= 0.3 is 0 Å². The highest BCUT2D eigenvalue weighted by Gasteiger charge is 2.17. The van der Waals surface area contributed by atoms with Crippen LogP contribution < -0.4 is 10.1 Å². The van der Waals surface area contributed by atoms with Crippen molar-refractivity contribution in [3.05, 3.63) is 22.3 Å². The first-order valence-electron chi connectivity index (χ1n) is 3.85. The van der Waals surface area contributed by atoms with Gasteiger partial charge in [0.2, 0.25) is 5.88 Å². The van der Waals surface area contributed by atoms with Gasteiger partial charge in [0.1, 0.15) is 16.8 Å². The van der Waals surface area contributed by atoms with Crippen LogP contribution in [0.2, 0.25) is 0 Å². The molecular weight excluding hydrogens is 236 g/mol. The molecule has 0 aliphatic carbocycles. The summed E-state index contributed by atoms with van der Waals surface area (Å²) in [6, 6.07) is 3.40. The number of ether oxygens (including phenoxy) is 1. The molecule has 0 unspecified atom stereocenters. The monoisotopic (exact) mass is 242 g/mol. The normalized spacial score (nSPS) is 15.3. The van der Waals surface area contributed by atoms with Crippen molar-refractivity contribution in [2.24, 2.45) is 0 Å². The Bertz CT molecular complexity index is 354. The highest BCUT2D eigenvalue weighted by Crippen LogP contribution is 2.20. The maximum atomic E-state index is 11.4. The maximum Gasteiger partial charge on any atom is 0.256 e. The van der Waals surface area contributed by atoms with Crippen molar-refractivity contribution in [1.82, 2.24) is 10.3 Å². The zero-order chi connectivity index (χ0) is 9.26. The van der Waals surface area contributed by atoms with Gasteiger partial charge < -0.3 is 10.1 Å². The first-order valence-corrected chi connectivity index (χ1v) is 4.64. The number of amides is 1. The maximum absolute atomic E-state index is 11.4. The molecule has 0 aromatic carbocycles. The molecule has 0 radical (unpaired) electrons. The number of nitrogens with one attached hydrogen (secondary N) is 1. The highest BCUT2D eigenvalue weighted by atomic mass is 79.9. The molecule has 5 heteroatoms. The van der Waals surface area contributed by atoms with Gasteiger partial charge in [0.15, 0.2) is 0 Å². The average Bonchev–Trinajstić information content (AvgIpc) is 2.28. The van der Waals surface area contributed by atoms with Gasteiger partial charge in [0, 0.05) is 0 Å². The summed E-state index contributed by atoms with van der Waals surface area (Å²) in [6.07, 6.45) is 0. The summed E-state index contributed by atoms with van der Waals surface area (Å²) in [5.41, 5.74) is 0.487. The van der Waals surface area contributed by atoms with Gasteiger partial charge in [0.05, 0.1) is 6.54 Å². The molecule has 68 valence electrons. The molecule has 2 rings (SSSR count). The number of rotatable bonds is 0.